The number of aliphatic hydroxyl groups excluding tert-OH is 1. The van der Waals surface area contributed by atoms with Crippen molar-refractivity contribution in [2.45, 2.75) is 37.7 Å². The van der Waals surface area contributed by atoms with E-state index in [0.717, 1.165) is 22.0 Å². The highest BCUT2D eigenvalue weighted by molar-refractivity contribution is 6.01. The van der Waals surface area contributed by atoms with Crippen molar-refractivity contribution in [3.05, 3.63) is 41.6 Å². The van der Waals surface area contributed by atoms with E-state index in [-0.39, 0.29) is 18.4 Å². The first-order valence-electron chi connectivity index (χ1n) is 9.64. The zero-order valence-electron chi connectivity index (χ0n) is 15.9. The summed E-state index contributed by atoms with van der Waals surface area (Å²) in [5.74, 6) is -0.935. The second kappa shape index (κ2) is 6.92. The normalized spacial score (nSPS) is 31.0. The Bertz CT molecular complexity index is 946. The molecular formula is C21H25N3O4. The van der Waals surface area contributed by atoms with Crippen LogP contribution in [0.1, 0.15) is 43.2 Å². The number of piperidine rings is 2. The molecule has 4 N–H and O–H groups in total. The van der Waals surface area contributed by atoms with Gasteiger partial charge >= 0.3 is 0 Å². The maximum atomic E-state index is 12.2. The summed E-state index contributed by atoms with van der Waals surface area (Å²) in [5.41, 5.74) is 0.402. The minimum atomic E-state index is -1.16. The fraction of sp³-hybridized carbons (Fsp3) is 0.476. The smallest absolute Gasteiger partial charge is 0.234 e. The summed E-state index contributed by atoms with van der Waals surface area (Å²) >= 11 is 0. The summed E-state index contributed by atoms with van der Waals surface area (Å²) in [6, 6.07) is 7.53. The number of hydrogen-bond donors (Lipinski definition) is 4. The number of benzene rings is 1. The predicted octanol–water partition coefficient (Wildman–Crippen LogP) is 0.934. The molecule has 0 saturated carbocycles. The SMILES string of the molecule is CC1(CO)CNCCC1(O)c1ccc2ncc(C3CCC(=O)NC3=O)cc2c1. The Hall–Kier alpha value is -2.35. The second-order valence-corrected chi connectivity index (χ2v) is 8.19. The molecule has 3 atom stereocenters. The lowest BCUT2D eigenvalue weighted by molar-refractivity contribution is -0.134. The number of amides is 2. The first-order chi connectivity index (χ1) is 13.4. The molecule has 2 saturated heterocycles. The van der Waals surface area contributed by atoms with Crippen LogP contribution in [0.2, 0.25) is 0 Å². The van der Waals surface area contributed by atoms with Crippen LogP contribution < -0.4 is 10.6 Å². The number of fused-ring (bicyclic) bond motifs is 1. The summed E-state index contributed by atoms with van der Waals surface area (Å²) in [7, 11) is 0. The summed E-state index contributed by atoms with van der Waals surface area (Å²) < 4.78 is 0. The molecule has 0 radical (unpaired) electrons. The number of aliphatic hydroxyl groups is 2. The van der Waals surface area contributed by atoms with Crippen LogP contribution in [0.25, 0.3) is 10.9 Å². The number of carbonyl (C=O) groups excluding carboxylic acids is 2. The third-order valence-corrected chi connectivity index (χ3v) is 6.35. The van der Waals surface area contributed by atoms with Crippen LogP contribution in [0.3, 0.4) is 0 Å². The average Bonchev–Trinajstić information content (AvgIpc) is 2.69. The Balaban J connectivity index is 1.74. The van der Waals surface area contributed by atoms with Crippen molar-refractivity contribution >= 4 is 22.7 Å². The maximum Gasteiger partial charge on any atom is 0.234 e. The third-order valence-electron chi connectivity index (χ3n) is 6.35. The summed E-state index contributed by atoms with van der Waals surface area (Å²) in [4.78, 5) is 28.1. The Morgan fingerprint density at radius 3 is 2.86 bits per heavy atom. The Kier molecular flexibility index (Phi) is 4.69. The Labute approximate surface area is 163 Å². The molecule has 4 rings (SSSR count). The van der Waals surface area contributed by atoms with Gasteiger partial charge in [-0.15, -0.1) is 0 Å². The van der Waals surface area contributed by atoms with E-state index in [1.165, 1.54) is 0 Å². The average molecular weight is 383 g/mol. The predicted molar refractivity (Wildman–Crippen MR) is 103 cm³/mol. The van der Waals surface area contributed by atoms with Crippen LogP contribution in [0.4, 0.5) is 0 Å². The van der Waals surface area contributed by atoms with Crippen molar-refractivity contribution in [3.8, 4) is 0 Å². The van der Waals surface area contributed by atoms with Gasteiger partial charge in [0.15, 0.2) is 0 Å². The van der Waals surface area contributed by atoms with Crippen molar-refractivity contribution in [1.82, 2.24) is 15.6 Å². The first kappa shape index (κ1) is 19.0. The standard InChI is InChI=1S/C21H25N3O4/c1-20(12-25)11-22-7-6-21(20,28)15-2-4-17-13(9-15)8-14(10-23-17)16-3-5-18(26)24-19(16)27/h2,4,8-10,16,22,25,28H,3,5-7,11-12H2,1H3,(H,24,26,27). The molecule has 0 bridgehead atoms. The number of nitrogens with one attached hydrogen (secondary N) is 2. The summed E-state index contributed by atoms with van der Waals surface area (Å²) in [6.45, 7) is 2.93. The van der Waals surface area contributed by atoms with Gasteiger partial charge in [0, 0.05) is 30.0 Å². The summed E-state index contributed by atoms with van der Waals surface area (Å²) in [6.07, 6.45) is 2.96. The number of hydrogen-bond acceptors (Lipinski definition) is 6. The van der Waals surface area contributed by atoms with Gasteiger partial charge < -0.3 is 15.5 Å². The van der Waals surface area contributed by atoms with Crippen LogP contribution in [-0.4, -0.2) is 46.7 Å². The number of carbonyl (C=O) groups is 2. The number of nitrogens with zero attached hydrogens (tertiary/aromatic N) is 1. The van der Waals surface area contributed by atoms with E-state index in [1.54, 1.807) is 6.20 Å². The highest BCUT2D eigenvalue weighted by Gasteiger charge is 2.49. The molecule has 28 heavy (non-hydrogen) atoms. The van der Waals surface area contributed by atoms with E-state index in [1.807, 2.05) is 31.2 Å². The van der Waals surface area contributed by atoms with E-state index < -0.39 is 16.9 Å². The molecule has 0 spiro atoms. The molecule has 2 fully saturated rings. The molecule has 148 valence electrons. The van der Waals surface area contributed by atoms with Gasteiger partial charge in [-0.2, -0.15) is 0 Å². The van der Waals surface area contributed by atoms with E-state index >= 15 is 0 Å². The molecule has 3 heterocycles. The number of aromatic nitrogens is 1. The molecule has 2 amide bonds. The van der Waals surface area contributed by atoms with Crippen molar-refractivity contribution in [2.75, 3.05) is 19.7 Å². The largest absolute Gasteiger partial charge is 0.396 e. The fourth-order valence-electron chi connectivity index (χ4n) is 4.37. The summed E-state index contributed by atoms with van der Waals surface area (Å²) in [5, 5.41) is 27.9. The van der Waals surface area contributed by atoms with Gasteiger partial charge in [0.25, 0.3) is 0 Å². The Morgan fingerprint density at radius 2 is 2.11 bits per heavy atom. The molecule has 7 heteroatoms. The van der Waals surface area contributed by atoms with Gasteiger partial charge in [-0.1, -0.05) is 13.0 Å². The lowest BCUT2D eigenvalue weighted by Crippen LogP contribution is -2.57. The molecule has 1 aromatic heterocycles. The van der Waals surface area contributed by atoms with E-state index in [9.17, 15) is 19.8 Å². The fourth-order valence-corrected chi connectivity index (χ4v) is 4.37. The molecule has 2 aliphatic heterocycles. The van der Waals surface area contributed by atoms with Crippen LogP contribution in [-0.2, 0) is 15.2 Å². The molecule has 7 nitrogen and oxygen atoms in total. The van der Waals surface area contributed by atoms with Crippen LogP contribution in [0.5, 0.6) is 0 Å². The van der Waals surface area contributed by atoms with Crippen LogP contribution in [0, 0.1) is 5.41 Å². The molecule has 1 aromatic carbocycles. The van der Waals surface area contributed by atoms with E-state index in [4.69, 9.17) is 0 Å². The molecule has 0 aliphatic carbocycles. The van der Waals surface area contributed by atoms with Gasteiger partial charge in [-0.25, -0.2) is 0 Å². The highest BCUT2D eigenvalue weighted by atomic mass is 16.3. The lowest BCUT2D eigenvalue weighted by Gasteiger charge is -2.48. The lowest BCUT2D eigenvalue weighted by atomic mass is 9.66. The minimum Gasteiger partial charge on any atom is -0.396 e. The Morgan fingerprint density at radius 1 is 1.29 bits per heavy atom. The van der Waals surface area contributed by atoms with E-state index in [0.29, 0.717) is 32.4 Å². The van der Waals surface area contributed by atoms with Crippen molar-refractivity contribution < 1.29 is 19.8 Å². The minimum absolute atomic E-state index is 0.136. The van der Waals surface area contributed by atoms with Crippen molar-refractivity contribution in [3.63, 3.8) is 0 Å². The van der Waals surface area contributed by atoms with Gasteiger partial charge in [-0.3, -0.25) is 19.9 Å². The van der Waals surface area contributed by atoms with Crippen molar-refractivity contribution in [2.24, 2.45) is 5.41 Å². The highest BCUT2D eigenvalue weighted by Crippen LogP contribution is 2.44. The van der Waals surface area contributed by atoms with Crippen molar-refractivity contribution in [1.29, 1.82) is 0 Å². The molecule has 3 unspecified atom stereocenters. The van der Waals surface area contributed by atoms with Gasteiger partial charge in [0.1, 0.15) is 0 Å². The zero-order valence-corrected chi connectivity index (χ0v) is 15.9. The van der Waals surface area contributed by atoms with Gasteiger partial charge in [0.05, 0.1) is 23.6 Å². The van der Waals surface area contributed by atoms with Gasteiger partial charge in [-0.05, 0) is 48.7 Å². The molecule has 2 aliphatic rings. The molecule has 2 aromatic rings. The van der Waals surface area contributed by atoms with Crippen LogP contribution in [0.15, 0.2) is 30.5 Å². The third kappa shape index (κ3) is 2.99. The first-order valence-corrected chi connectivity index (χ1v) is 9.64. The maximum absolute atomic E-state index is 12.2. The zero-order chi connectivity index (χ0) is 19.9. The number of rotatable bonds is 3. The quantitative estimate of drug-likeness (QED) is 0.587. The number of imide groups is 1. The van der Waals surface area contributed by atoms with E-state index in [2.05, 4.69) is 15.6 Å². The monoisotopic (exact) mass is 383 g/mol. The van der Waals surface area contributed by atoms with Crippen LogP contribution >= 0.6 is 0 Å². The second-order valence-electron chi connectivity index (χ2n) is 8.19. The topological polar surface area (TPSA) is 112 Å². The molecular weight excluding hydrogens is 358 g/mol. The van der Waals surface area contributed by atoms with Gasteiger partial charge in [0.2, 0.25) is 11.8 Å². The number of pyridine rings is 1.